The van der Waals surface area contributed by atoms with Gasteiger partial charge in [-0.1, -0.05) is 29.8 Å². The average molecular weight is 360 g/mol. The fourth-order valence-electron chi connectivity index (χ4n) is 2.12. The number of hydrogen-bond acceptors (Lipinski definition) is 2. The van der Waals surface area contributed by atoms with E-state index in [0.29, 0.717) is 11.0 Å². The minimum absolute atomic E-state index is 0.0829. The van der Waals surface area contributed by atoms with Crippen LogP contribution in [-0.4, -0.2) is 6.54 Å². The summed E-state index contributed by atoms with van der Waals surface area (Å²) < 4.78 is 28.7. The van der Waals surface area contributed by atoms with Crippen LogP contribution in [0.1, 0.15) is 35.2 Å². The van der Waals surface area contributed by atoms with Gasteiger partial charge in [0.15, 0.2) is 0 Å². The summed E-state index contributed by atoms with van der Waals surface area (Å²) in [6, 6.07) is 6.11. The van der Waals surface area contributed by atoms with Crippen LogP contribution in [-0.2, 0) is 6.42 Å². The molecule has 0 saturated heterocycles. The molecule has 108 valence electrons. The first-order valence-electron chi connectivity index (χ1n) is 6.53. The standard InChI is InChI=1S/C15H16BrF2NS/c1-3-10-5-6-13(20-10)15(19-4-2)14-11(17)7-9(16)8-12(14)18/h5-8,15,19H,3-4H2,1-2H3. The minimum Gasteiger partial charge on any atom is -0.306 e. The lowest BCUT2D eigenvalue weighted by molar-refractivity contribution is 0.512. The first-order valence-corrected chi connectivity index (χ1v) is 8.14. The fraction of sp³-hybridized carbons (Fsp3) is 0.333. The molecule has 1 aromatic carbocycles. The normalized spacial score (nSPS) is 12.7. The second-order valence-corrected chi connectivity index (χ2v) is 6.55. The van der Waals surface area contributed by atoms with E-state index < -0.39 is 17.7 Å². The third kappa shape index (κ3) is 3.27. The zero-order valence-electron chi connectivity index (χ0n) is 11.3. The smallest absolute Gasteiger partial charge is 0.132 e. The molecule has 0 fully saturated rings. The number of hydrogen-bond donors (Lipinski definition) is 1. The fourth-order valence-corrected chi connectivity index (χ4v) is 3.56. The molecule has 5 heteroatoms. The zero-order valence-corrected chi connectivity index (χ0v) is 13.7. The highest BCUT2D eigenvalue weighted by atomic mass is 79.9. The van der Waals surface area contributed by atoms with Gasteiger partial charge in [-0.2, -0.15) is 0 Å². The van der Waals surface area contributed by atoms with E-state index in [2.05, 4.69) is 28.2 Å². The molecule has 0 amide bonds. The lowest BCUT2D eigenvalue weighted by Gasteiger charge is -2.18. The highest BCUT2D eigenvalue weighted by molar-refractivity contribution is 9.10. The molecule has 0 aliphatic carbocycles. The minimum atomic E-state index is -0.533. The molecule has 0 spiro atoms. The molecule has 1 aromatic heterocycles. The SMILES string of the molecule is CCNC(c1ccc(CC)s1)c1c(F)cc(Br)cc1F. The number of aryl methyl sites for hydroxylation is 1. The van der Waals surface area contributed by atoms with Gasteiger partial charge in [-0.25, -0.2) is 8.78 Å². The Morgan fingerprint density at radius 3 is 2.35 bits per heavy atom. The molecule has 0 saturated carbocycles. The topological polar surface area (TPSA) is 12.0 Å². The summed E-state index contributed by atoms with van der Waals surface area (Å²) in [7, 11) is 0. The van der Waals surface area contributed by atoms with Gasteiger partial charge >= 0.3 is 0 Å². The molecular weight excluding hydrogens is 344 g/mol. The van der Waals surface area contributed by atoms with Gasteiger partial charge in [0, 0.05) is 19.8 Å². The average Bonchev–Trinajstić information content (AvgIpc) is 2.85. The number of thiophene rings is 1. The summed E-state index contributed by atoms with van der Waals surface area (Å²) in [5, 5.41) is 3.17. The lowest BCUT2D eigenvalue weighted by Crippen LogP contribution is -2.23. The molecule has 0 bridgehead atoms. The zero-order chi connectivity index (χ0) is 14.7. The van der Waals surface area contributed by atoms with E-state index in [9.17, 15) is 8.78 Å². The molecule has 2 aromatic rings. The monoisotopic (exact) mass is 359 g/mol. The van der Waals surface area contributed by atoms with E-state index in [0.717, 1.165) is 11.3 Å². The Balaban J connectivity index is 2.48. The van der Waals surface area contributed by atoms with Crippen LogP contribution in [0.2, 0.25) is 0 Å². The van der Waals surface area contributed by atoms with Crippen LogP contribution in [0.15, 0.2) is 28.7 Å². The van der Waals surface area contributed by atoms with Crippen molar-refractivity contribution in [3.63, 3.8) is 0 Å². The first-order chi connectivity index (χ1) is 9.56. The molecule has 1 nitrogen and oxygen atoms in total. The van der Waals surface area contributed by atoms with Gasteiger partial charge in [0.05, 0.1) is 6.04 Å². The Morgan fingerprint density at radius 2 is 1.85 bits per heavy atom. The van der Waals surface area contributed by atoms with Crippen molar-refractivity contribution in [2.24, 2.45) is 0 Å². The lowest BCUT2D eigenvalue weighted by atomic mass is 10.0. The molecule has 0 aliphatic rings. The number of nitrogens with one attached hydrogen (secondary N) is 1. The molecule has 1 unspecified atom stereocenters. The van der Waals surface area contributed by atoms with Crippen molar-refractivity contribution in [3.8, 4) is 0 Å². The van der Waals surface area contributed by atoms with Crippen LogP contribution < -0.4 is 5.32 Å². The summed E-state index contributed by atoms with van der Waals surface area (Å²) >= 11 is 4.70. The molecule has 1 atom stereocenters. The second-order valence-electron chi connectivity index (χ2n) is 4.43. The van der Waals surface area contributed by atoms with E-state index in [-0.39, 0.29) is 5.56 Å². The van der Waals surface area contributed by atoms with Crippen LogP contribution in [0.25, 0.3) is 0 Å². The maximum Gasteiger partial charge on any atom is 0.132 e. The van der Waals surface area contributed by atoms with Crippen molar-refractivity contribution in [2.75, 3.05) is 6.54 Å². The van der Waals surface area contributed by atoms with Crippen LogP contribution >= 0.6 is 27.3 Å². The third-order valence-electron chi connectivity index (χ3n) is 3.06. The number of benzene rings is 1. The van der Waals surface area contributed by atoms with Crippen molar-refractivity contribution in [3.05, 3.63) is 55.7 Å². The van der Waals surface area contributed by atoms with Gasteiger partial charge in [0.25, 0.3) is 0 Å². The molecular formula is C15H16BrF2NS. The number of halogens is 3. The molecule has 20 heavy (non-hydrogen) atoms. The Labute approximate surface area is 130 Å². The van der Waals surface area contributed by atoms with E-state index in [1.165, 1.54) is 17.0 Å². The van der Waals surface area contributed by atoms with E-state index in [4.69, 9.17) is 0 Å². The first kappa shape index (κ1) is 15.6. The van der Waals surface area contributed by atoms with E-state index in [1.807, 2.05) is 19.1 Å². The highest BCUT2D eigenvalue weighted by Crippen LogP contribution is 2.33. The predicted molar refractivity (Wildman–Crippen MR) is 83.3 cm³/mol. The maximum atomic E-state index is 14.2. The Morgan fingerprint density at radius 1 is 1.20 bits per heavy atom. The van der Waals surface area contributed by atoms with Crippen LogP contribution in [0.5, 0.6) is 0 Å². The van der Waals surface area contributed by atoms with Gasteiger partial charge in [0.1, 0.15) is 11.6 Å². The summed E-state index contributed by atoms with van der Waals surface area (Å²) in [4.78, 5) is 2.14. The molecule has 1 heterocycles. The Bertz CT molecular complexity index is 574. The Kier molecular flexibility index (Phi) is 5.29. The largest absolute Gasteiger partial charge is 0.306 e. The van der Waals surface area contributed by atoms with E-state index >= 15 is 0 Å². The van der Waals surface area contributed by atoms with Gasteiger partial charge in [-0.3, -0.25) is 0 Å². The summed E-state index contributed by atoms with van der Waals surface area (Å²) in [5.41, 5.74) is 0.0829. The number of rotatable bonds is 5. The van der Waals surface area contributed by atoms with Crippen molar-refractivity contribution < 1.29 is 8.78 Å². The van der Waals surface area contributed by atoms with E-state index in [1.54, 1.807) is 11.3 Å². The maximum absolute atomic E-state index is 14.2. The molecule has 1 N–H and O–H groups in total. The van der Waals surface area contributed by atoms with Crippen molar-refractivity contribution in [2.45, 2.75) is 26.3 Å². The second kappa shape index (κ2) is 6.78. The summed E-state index contributed by atoms with van der Waals surface area (Å²) in [6.45, 7) is 4.63. The van der Waals surface area contributed by atoms with Crippen LogP contribution in [0.4, 0.5) is 8.78 Å². The van der Waals surface area contributed by atoms with Crippen molar-refractivity contribution >= 4 is 27.3 Å². The molecule has 0 radical (unpaired) electrons. The summed E-state index contributed by atoms with van der Waals surface area (Å²) in [6.07, 6.45) is 0.925. The Hall–Kier alpha value is -0.780. The molecule has 0 aliphatic heterocycles. The highest BCUT2D eigenvalue weighted by Gasteiger charge is 2.23. The van der Waals surface area contributed by atoms with Crippen LogP contribution in [0, 0.1) is 11.6 Å². The van der Waals surface area contributed by atoms with Gasteiger partial charge in [-0.05, 0) is 37.2 Å². The predicted octanol–water partition coefficient (Wildman–Crippen LogP) is 5.05. The third-order valence-corrected chi connectivity index (χ3v) is 4.81. The quantitative estimate of drug-likeness (QED) is 0.787. The van der Waals surface area contributed by atoms with Crippen molar-refractivity contribution in [1.82, 2.24) is 5.32 Å². The summed E-state index contributed by atoms with van der Waals surface area (Å²) in [5.74, 6) is -1.07. The van der Waals surface area contributed by atoms with Gasteiger partial charge < -0.3 is 5.32 Å². The van der Waals surface area contributed by atoms with Crippen LogP contribution in [0.3, 0.4) is 0 Å². The molecule has 2 rings (SSSR count). The van der Waals surface area contributed by atoms with Gasteiger partial charge in [0.2, 0.25) is 0 Å². The van der Waals surface area contributed by atoms with Gasteiger partial charge in [-0.15, -0.1) is 11.3 Å². The van der Waals surface area contributed by atoms with Crippen molar-refractivity contribution in [1.29, 1.82) is 0 Å².